The highest BCUT2D eigenvalue weighted by molar-refractivity contribution is 5.98. The second-order valence-electron chi connectivity index (χ2n) is 6.60. The van der Waals surface area contributed by atoms with Crippen molar-refractivity contribution in [3.05, 3.63) is 23.8 Å². The Hall–Kier alpha value is -1.71. The number of hydrogen-bond donors (Lipinski definition) is 2. The number of aromatic hydroxyl groups is 1. The van der Waals surface area contributed by atoms with Gasteiger partial charge in [0, 0.05) is 13.1 Å². The number of rotatable bonds is 1. The Labute approximate surface area is 125 Å². The van der Waals surface area contributed by atoms with Crippen LogP contribution in [0.4, 0.5) is 5.69 Å². The SMILES string of the molecule is Nc1cccc(C(=O)N2CCC3(CCCCC3)CC2)c1O. The number of carbonyl (C=O) groups excluding carboxylic acids is 1. The van der Waals surface area contributed by atoms with Crippen LogP contribution in [-0.4, -0.2) is 29.0 Å². The van der Waals surface area contributed by atoms with E-state index in [-0.39, 0.29) is 17.3 Å². The molecular weight excluding hydrogens is 264 g/mol. The van der Waals surface area contributed by atoms with Crippen LogP contribution in [0.2, 0.25) is 0 Å². The fourth-order valence-electron chi connectivity index (χ4n) is 3.89. The van der Waals surface area contributed by atoms with Crippen molar-refractivity contribution in [2.75, 3.05) is 18.8 Å². The van der Waals surface area contributed by atoms with E-state index >= 15 is 0 Å². The van der Waals surface area contributed by atoms with Crippen molar-refractivity contribution in [1.82, 2.24) is 4.90 Å². The molecule has 1 spiro atoms. The summed E-state index contributed by atoms with van der Waals surface area (Å²) < 4.78 is 0. The van der Waals surface area contributed by atoms with Crippen molar-refractivity contribution >= 4 is 11.6 Å². The molecule has 0 unspecified atom stereocenters. The maximum absolute atomic E-state index is 12.6. The summed E-state index contributed by atoms with van der Waals surface area (Å²) in [5, 5.41) is 9.97. The lowest BCUT2D eigenvalue weighted by Crippen LogP contribution is -2.43. The quantitative estimate of drug-likeness (QED) is 0.616. The zero-order valence-corrected chi connectivity index (χ0v) is 12.5. The minimum atomic E-state index is -0.0922. The summed E-state index contributed by atoms with van der Waals surface area (Å²) in [6.45, 7) is 1.60. The molecule has 0 aromatic heterocycles. The molecular formula is C17H24N2O2. The molecule has 1 aromatic rings. The van der Waals surface area contributed by atoms with Crippen molar-refractivity contribution in [1.29, 1.82) is 0 Å². The number of piperidine rings is 1. The number of anilines is 1. The third-order valence-corrected chi connectivity index (χ3v) is 5.32. The Kier molecular flexibility index (Phi) is 3.79. The Morgan fingerprint density at radius 3 is 2.43 bits per heavy atom. The molecule has 1 aliphatic carbocycles. The molecule has 114 valence electrons. The molecule has 3 N–H and O–H groups in total. The van der Waals surface area contributed by atoms with Gasteiger partial charge in [0.1, 0.15) is 0 Å². The predicted molar refractivity (Wildman–Crippen MR) is 83.2 cm³/mol. The number of amides is 1. The maximum Gasteiger partial charge on any atom is 0.257 e. The van der Waals surface area contributed by atoms with E-state index in [1.165, 1.54) is 32.1 Å². The van der Waals surface area contributed by atoms with E-state index in [9.17, 15) is 9.90 Å². The second-order valence-corrected chi connectivity index (χ2v) is 6.60. The lowest BCUT2D eigenvalue weighted by molar-refractivity contribution is 0.0470. The van der Waals surface area contributed by atoms with Gasteiger partial charge in [0.05, 0.1) is 11.3 Å². The fourth-order valence-corrected chi connectivity index (χ4v) is 3.89. The van der Waals surface area contributed by atoms with E-state index in [4.69, 9.17) is 5.73 Å². The van der Waals surface area contributed by atoms with Crippen LogP contribution in [0.5, 0.6) is 5.75 Å². The summed E-state index contributed by atoms with van der Waals surface area (Å²) in [5.74, 6) is -0.175. The minimum Gasteiger partial charge on any atom is -0.505 e. The first-order valence-electron chi connectivity index (χ1n) is 7.98. The fraction of sp³-hybridized carbons (Fsp3) is 0.588. The lowest BCUT2D eigenvalue weighted by Gasteiger charge is -2.44. The van der Waals surface area contributed by atoms with Crippen molar-refractivity contribution in [3.8, 4) is 5.75 Å². The molecule has 2 fully saturated rings. The van der Waals surface area contributed by atoms with Gasteiger partial charge in [0.25, 0.3) is 5.91 Å². The molecule has 0 atom stereocenters. The maximum atomic E-state index is 12.6. The van der Waals surface area contributed by atoms with Gasteiger partial charge in [0.15, 0.2) is 5.75 Å². The van der Waals surface area contributed by atoms with Crippen molar-refractivity contribution < 1.29 is 9.90 Å². The zero-order valence-electron chi connectivity index (χ0n) is 12.5. The summed E-state index contributed by atoms with van der Waals surface area (Å²) in [7, 11) is 0. The summed E-state index contributed by atoms with van der Waals surface area (Å²) in [6.07, 6.45) is 8.87. The van der Waals surface area contributed by atoms with E-state index < -0.39 is 0 Å². The normalized spacial score (nSPS) is 21.4. The van der Waals surface area contributed by atoms with Gasteiger partial charge >= 0.3 is 0 Å². The third-order valence-electron chi connectivity index (χ3n) is 5.32. The Balaban J connectivity index is 1.69. The van der Waals surface area contributed by atoms with E-state index in [2.05, 4.69) is 0 Å². The summed E-state index contributed by atoms with van der Waals surface area (Å²) >= 11 is 0. The first-order valence-corrected chi connectivity index (χ1v) is 7.98. The van der Waals surface area contributed by atoms with Crippen LogP contribution in [0.3, 0.4) is 0 Å². The highest BCUT2D eigenvalue weighted by Gasteiger charge is 2.37. The standard InChI is InChI=1S/C17H24N2O2/c18-14-6-4-5-13(15(14)20)16(21)19-11-9-17(10-12-19)7-2-1-3-8-17/h4-6,20H,1-3,7-12,18H2. The number of nitrogens with zero attached hydrogens (tertiary/aromatic N) is 1. The predicted octanol–water partition coefficient (Wildman–Crippen LogP) is 3.16. The summed E-state index contributed by atoms with van der Waals surface area (Å²) in [6, 6.07) is 4.98. The van der Waals surface area contributed by atoms with Crippen LogP contribution in [0.25, 0.3) is 0 Å². The molecule has 4 heteroatoms. The smallest absolute Gasteiger partial charge is 0.257 e. The van der Waals surface area contributed by atoms with E-state index in [1.807, 2.05) is 4.90 Å². The van der Waals surface area contributed by atoms with Crippen LogP contribution in [0, 0.1) is 5.41 Å². The molecule has 1 aromatic carbocycles. The second kappa shape index (κ2) is 5.58. The Morgan fingerprint density at radius 2 is 1.76 bits per heavy atom. The van der Waals surface area contributed by atoms with Crippen LogP contribution < -0.4 is 5.73 Å². The lowest BCUT2D eigenvalue weighted by atomic mass is 9.68. The third kappa shape index (κ3) is 2.71. The highest BCUT2D eigenvalue weighted by atomic mass is 16.3. The van der Waals surface area contributed by atoms with Gasteiger partial charge in [-0.25, -0.2) is 0 Å². The molecule has 0 bridgehead atoms. The molecule has 1 saturated carbocycles. The van der Waals surface area contributed by atoms with Gasteiger partial charge in [-0.05, 0) is 43.2 Å². The first-order chi connectivity index (χ1) is 10.1. The topological polar surface area (TPSA) is 66.6 Å². The average Bonchev–Trinajstić information content (AvgIpc) is 2.51. The van der Waals surface area contributed by atoms with Crippen LogP contribution in [0.1, 0.15) is 55.3 Å². The molecule has 1 amide bonds. The number of carbonyl (C=O) groups is 1. The summed E-state index contributed by atoms with van der Waals surface area (Å²) in [4.78, 5) is 14.4. The summed E-state index contributed by atoms with van der Waals surface area (Å²) in [5.41, 5.74) is 6.75. The number of nitrogen functional groups attached to an aromatic ring is 1. The van der Waals surface area contributed by atoms with Crippen LogP contribution in [-0.2, 0) is 0 Å². The molecule has 4 nitrogen and oxygen atoms in total. The molecule has 1 saturated heterocycles. The van der Waals surface area contributed by atoms with Gasteiger partial charge in [-0.2, -0.15) is 0 Å². The number of benzene rings is 1. The molecule has 1 heterocycles. The number of phenolic OH excluding ortho intramolecular Hbond substituents is 1. The molecule has 2 aliphatic rings. The minimum absolute atomic E-state index is 0.0829. The zero-order chi connectivity index (χ0) is 14.9. The molecule has 21 heavy (non-hydrogen) atoms. The number of para-hydroxylation sites is 1. The molecule has 1 aliphatic heterocycles. The van der Waals surface area contributed by atoms with Crippen LogP contribution in [0.15, 0.2) is 18.2 Å². The largest absolute Gasteiger partial charge is 0.505 e. The van der Waals surface area contributed by atoms with Crippen LogP contribution >= 0.6 is 0 Å². The van der Waals surface area contributed by atoms with Gasteiger partial charge in [-0.3, -0.25) is 4.79 Å². The van der Waals surface area contributed by atoms with Gasteiger partial charge in [-0.15, -0.1) is 0 Å². The average molecular weight is 288 g/mol. The number of likely N-dealkylation sites (tertiary alicyclic amines) is 1. The van der Waals surface area contributed by atoms with Crippen molar-refractivity contribution in [2.24, 2.45) is 5.41 Å². The van der Waals surface area contributed by atoms with E-state index in [0.29, 0.717) is 11.0 Å². The Bertz CT molecular complexity index is 526. The molecule has 3 rings (SSSR count). The monoisotopic (exact) mass is 288 g/mol. The highest BCUT2D eigenvalue weighted by Crippen LogP contribution is 2.44. The van der Waals surface area contributed by atoms with Gasteiger partial charge in [-0.1, -0.05) is 25.3 Å². The van der Waals surface area contributed by atoms with E-state index in [1.54, 1.807) is 18.2 Å². The number of nitrogens with two attached hydrogens (primary N) is 1. The number of phenols is 1. The van der Waals surface area contributed by atoms with Gasteiger partial charge < -0.3 is 15.7 Å². The number of hydrogen-bond acceptors (Lipinski definition) is 3. The van der Waals surface area contributed by atoms with Gasteiger partial charge in [0.2, 0.25) is 0 Å². The first kappa shape index (κ1) is 14.2. The van der Waals surface area contributed by atoms with E-state index in [0.717, 1.165) is 25.9 Å². The van der Waals surface area contributed by atoms with Crippen molar-refractivity contribution in [2.45, 2.75) is 44.9 Å². The van der Waals surface area contributed by atoms with Crippen molar-refractivity contribution in [3.63, 3.8) is 0 Å². The Morgan fingerprint density at radius 1 is 1.10 bits per heavy atom. The molecule has 0 radical (unpaired) electrons.